The molecule has 0 fully saturated rings. The highest BCUT2D eigenvalue weighted by molar-refractivity contribution is 5.85. The molecule has 0 aromatic carbocycles. The Hall–Kier alpha value is -0.740. The van der Waals surface area contributed by atoms with Crippen LogP contribution in [0.3, 0.4) is 0 Å². The fourth-order valence-corrected chi connectivity index (χ4v) is 0.593. The molecule has 1 aromatic heterocycles. The Kier molecular flexibility index (Phi) is 3.92. The molecule has 1 aromatic rings. The Labute approximate surface area is 68.8 Å². The largest absolute Gasteiger partial charge is 0.325 e. The fourth-order valence-electron chi connectivity index (χ4n) is 0.593. The van der Waals surface area contributed by atoms with Crippen LogP contribution < -0.4 is 5.73 Å². The number of hydrogen-bond donors (Lipinski definition) is 1. The third-order valence-corrected chi connectivity index (χ3v) is 1.08. The van der Waals surface area contributed by atoms with Crippen molar-refractivity contribution in [1.29, 1.82) is 0 Å². The van der Waals surface area contributed by atoms with E-state index >= 15 is 0 Å². The second-order valence-corrected chi connectivity index (χ2v) is 1.79. The summed E-state index contributed by atoms with van der Waals surface area (Å²) in [5.74, 6) is -1.38. The van der Waals surface area contributed by atoms with E-state index in [9.17, 15) is 8.78 Å². The van der Waals surface area contributed by atoms with Gasteiger partial charge in [-0.2, -0.15) is 0 Å². The second kappa shape index (κ2) is 4.20. The van der Waals surface area contributed by atoms with Crippen molar-refractivity contribution >= 4 is 12.4 Å². The van der Waals surface area contributed by atoms with Crippen LogP contribution in [0.2, 0.25) is 0 Å². The summed E-state index contributed by atoms with van der Waals surface area (Å²) < 4.78 is 24.6. The maximum atomic E-state index is 12.5. The van der Waals surface area contributed by atoms with Gasteiger partial charge in [-0.05, 0) is 0 Å². The van der Waals surface area contributed by atoms with Crippen LogP contribution >= 0.6 is 12.4 Å². The summed E-state index contributed by atoms with van der Waals surface area (Å²) in [4.78, 5) is 3.42. The summed E-state index contributed by atoms with van der Waals surface area (Å²) in [6.45, 7) is -0.00782. The Morgan fingerprint density at radius 2 is 2.09 bits per heavy atom. The van der Waals surface area contributed by atoms with E-state index in [4.69, 9.17) is 5.73 Å². The van der Waals surface area contributed by atoms with Crippen molar-refractivity contribution in [3.05, 3.63) is 29.6 Å². The minimum Gasteiger partial charge on any atom is -0.325 e. The molecule has 0 atom stereocenters. The van der Waals surface area contributed by atoms with Gasteiger partial charge in [0.15, 0.2) is 0 Å². The highest BCUT2D eigenvalue weighted by Crippen LogP contribution is 2.03. The van der Waals surface area contributed by atoms with Gasteiger partial charge in [-0.1, -0.05) is 0 Å². The molecule has 0 aliphatic rings. The lowest BCUT2D eigenvalue weighted by atomic mass is 10.3. The minimum absolute atomic E-state index is 0. The number of rotatable bonds is 1. The quantitative estimate of drug-likeness (QED) is 0.706. The van der Waals surface area contributed by atoms with Crippen molar-refractivity contribution in [3.8, 4) is 0 Å². The predicted molar refractivity (Wildman–Crippen MR) is 39.3 cm³/mol. The summed E-state index contributed by atoms with van der Waals surface area (Å²) in [7, 11) is 0. The van der Waals surface area contributed by atoms with Gasteiger partial charge in [0.1, 0.15) is 11.6 Å². The van der Waals surface area contributed by atoms with Crippen molar-refractivity contribution in [2.45, 2.75) is 6.54 Å². The maximum absolute atomic E-state index is 12.5. The van der Waals surface area contributed by atoms with Crippen molar-refractivity contribution in [2.24, 2.45) is 5.73 Å². The van der Waals surface area contributed by atoms with Gasteiger partial charge in [0.25, 0.3) is 0 Å². The normalized spacial score (nSPS) is 9.00. The average Bonchev–Trinajstić information content (AvgIpc) is 1.88. The maximum Gasteiger partial charge on any atom is 0.148 e. The van der Waals surface area contributed by atoms with Gasteiger partial charge in [0, 0.05) is 12.6 Å². The SMILES string of the molecule is Cl.NCc1ncc(F)cc1F. The van der Waals surface area contributed by atoms with Crippen molar-refractivity contribution in [3.63, 3.8) is 0 Å². The number of nitrogens with two attached hydrogens (primary N) is 1. The Bertz CT molecular complexity index is 242. The number of hydrogen-bond acceptors (Lipinski definition) is 2. The van der Waals surface area contributed by atoms with Crippen LogP contribution in [0.15, 0.2) is 12.3 Å². The van der Waals surface area contributed by atoms with E-state index in [-0.39, 0.29) is 24.6 Å². The van der Waals surface area contributed by atoms with Gasteiger partial charge in [-0.25, -0.2) is 8.78 Å². The van der Waals surface area contributed by atoms with Crippen LogP contribution in [-0.4, -0.2) is 4.98 Å². The van der Waals surface area contributed by atoms with Crippen LogP contribution in [-0.2, 0) is 6.54 Å². The molecule has 0 aliphatic heterocycles. The van der Waals surface area contributed by atoms with E-state index in [0.717, 1.165) is 12.3 Å². The number of pyridine rings is 1. The standard InChI is InChI=1S/C6H6F2N2.ClH/c7-4-1-5(8)6(2-9)10-3-4;/h1,3H,2,9H2;1H. The monoisotopic (exact) mass is 180 g/mol. The molecule has 0 unspecified atom stereocenters. The van der Waals surface area contributed by atoms with Crippen molar-refractivity contribution in [2.75, 3.05) is 0 Å². The summed E-state index contributed by atoms with van der Waals surface area (Å²) >= 11 is 0. The predicted octanol–water partition coefficient (Wildman–Crippen LogP) is 1.24. The van der Waals surface area contributed by atoms with Gasteiger partial charge < -0.3 is 5.73 Å². The minimum atomic E-state index is -0.692. The molecule has 0 amide bonds. The molecule has 1 heterocycles. The van der Waals surface area contributed by atoms with E-state index in [1.807, 2.05) is 0 Å². The van der Waals surface area contributed by atoms with Crippen LogP contribution in [0.25, 0.3) is 0 Å². The molecule has 0 bridgehead atoms. The first-order chi connectivity index (χ1) is 4.74. The summed E-state index contributed by atoms with van der Waals surface area (Å²) in [5, 5.41) is 0. The van der Waals surface area contributed by atoms with Crippen LogP contribution in [0, 0.1) is 11.6 Å². The average molecular weight is 181 g/mol. The number of nitrogens with zero attached hydrogens (tertiary/aromatic N) is 1. The molecule has 11 heavy (non-hydrogen) atoms. The number of aromatic nitrogens is 1. The molecule has 5 heteroatoms. The van der Waals surface area contributed by atoms with Crippen LogP contribution in [0.5, 0.6) is 0 Å². The highest BCUT2D eigenvalue weighted by Gasteiger charge is 2.01. The molecule has 0 spiro atoms. The molecule has 0 aliphatic carbocycles. The zero-order valence-corrected chi connectivity index (χ0v) is 6.37. The molecular formula is C6H7ClF2N2. The summed E-state index contributed by atoms with van der Waals surface area (Å²) in [5.41, 5.74) is 5.16. The van der Waals surface area contributed by atoms with E-state index in [0.29, 0.717) is 0 Å². The van der Waals surface area contributed by atoms with Crippen LogP contribution in [0.1, 0.15) is 5.69 Å². The Morgan fingerprint density at radius 3 is 2.55 bits per heavy atom. The first kappa shape index (κ1) is 10.3. The molecule has 0 saturated carbocycles. The molecule has 2 nitrogen and oxygen atoms in total. The van der Waals surface area contributed by atoms with Crippen molar-refractivity contribution in [1.82, 2.24) is 4.98 Å². The molecule has 1 rings (SSSR count). The van der Waals surface area contributed by atoms with Gasteiger partial charge >= 0.3 is 0 Å². The zero-order valence-electron chi connectivity index (χ0n) is 5.55. The lowest BCUT2D eigenvalue weighted by molar-refractivity contribution is 0.558. The lowest BCUT2D eigenvalue weighted by Crippen LogP contribution is -2.02. The summed E-state index contributed by atoms with van der Waals surface area (Å²) in [6.07, 6.45) is 0.936. The van der Waals surface area contributed by atoms with Gasteiger partial charge in [-0.15, -0.1) is 12.4 Å². The number of halogens is 3. The van der Waals surface area contributed by atoms with E-state index < -0.39 is 11.6 Å². The second-order valence-electron chi connectivity index (χ2n) is 1.79. The molecule has 0 radical (unpaired) electrons. The highest BCUT2D eigenvalue weighted by atomic mass is 35.5. The zero-order chi connectivity index (χ0) is 7.56. The van der Waals surface area contributed by atoms with Gasteiger partial charge in [0.05, 0.1) is 11.9 Å². The van der Waals surface area contributed by atoms with E-state index in [1.54, 1.807) is 0 Å². The van der Waals surface area contributed by atoms with E-state index in [2.05, 4.69) is 4.98 Å². The molecule has 62 valence electrons. The molecule has 0 saturated heterocycles. The summed E-state index contributed by atoms with van der Waals surface area (Å²) in [6, 6.07) is 0.759. The first-order valence-corrected chi connectivity index (χ1v) is 2.74. The van der Waals surface area contributed by atoms with Crippen LogP contribution in [0.4, 0.5) is 8.78 Å². The third-order valence-electron chi connectivity index (χ3n) is 1.08. The first-order valence-electron chi connectivity index (χ1n) is 2.74. The Balaban J connectivity index is 0.000001000. The molecular weight excluding hydrogens is 174 g/mol. The molecule has 2 N–H and O–H groups in total. The van der Waals surface area contributed by atoms with Gasteiger partial charge in [0.2, 0.25) is 0 Å². The van der Waals surface area contributed by atoms with Gasteiger partial charge in [-0.3, -0.25) is 4.98 Å². The van der Waals surface area contributed by atoms with Crippen molar-refractivity contribution < 1.29 is 8.78 Å². The Morgan fingerprint density at radius 1 is 1.45 bits per heavy atom. The lowest BCUT2D eigenvalue weighted by Gasteiger charge is -1.95. The topological polar surface area (TPSA) is 38.9 Å². The fraction of sp³-hybridized carbons (Fsp3) is 0.167. The smallest absolute Gasteiger partial charge is 0.148 e. The third kappa shape index (κ3) is 2.40. The van der Waals surface area contributed by atoms with E-state index in [1.165, 1.54) is 0 Å².